The maximum absolute atomic E-state index is 11.2. The summed E-state index contributed by atoms with van der Waals surface area (Å²) in [5.41, 5.74) is 1.09. The molecule has 0 heterocycles. The Morgan fingerprint density at radius 1 is 0.690 bits per heavy atom. The SMILES string of the molecule is CCCCCCCCCCCCCCCCCCCNc1ccccc1C(=O)O. The Bertz CT molecular complexity index is 515. The minimum Gasteiger partial charge on any atom is -0.478 e. The van der Waals surface area contributed by atoms with E-state index in [-0.39, 0.29) is 0 Å². The van der Waals surface area contributed by atoms with E-state index in [2.05, 4.69) is 12.2 Å². The van der Waals surface area contributed by atoms with E-state index in [0.29, 0.717) is 5.56 Å². The van der Waals surface area contributed by atoms with Gasteiger partial charge in [-0.15, -0.1) is 0 Å². The highest BCUT2D eigenvalue weighted by Gasteiger charge is 2.07. The van der Waals surface area contributed by atoms with Crippen LogP contribution in [0, 0.1) is 0 Å². The number of carbonyl (C=O) groups is 1. The molecule has 1 aromatic rings. The van der Waals surface area contributed by atoms with Crippen LogP contribution in [0.5, 0.6) is 0 Å². The van der Waals surface area contributed by atoms with Crippen LogP contribution in [0.2, 0.25) is 0 Å². The molecule has 166 valence electrons. The van der Waals surface area contributed by atoms with Crippen LogP contribution >= 0.6 is 0 Å². The van der Waals surface area contributed by atoms with Crippen LogP contribution in [-0.4, -0.2) is 17.6 Å². The summed E-state index contributed by atoms with van der Waals surface area (Å²) < 4.78 is 0. The number of carboxylic acid groups (broad SMARTS) is 1. The van der Waals surface area contributed by atoms with Gasteiger partial charge in [-0.1, -0.05) is 122 Å². The molecule has 0 unspecified atom stereocenters. The second-order valence-electron chi connectivity index (χ2n) is 8.43. The highest BCUT2D eigenvalue weighted by molar-refractivity contribution is 5.94. The van der Waals surface area contributed by atoms with Crippen molar-refractivity contribution in [2.75, 3.05) is 11.9 Å². The fourth-order valence-corrected chi connectivity index (χ4v) is 3.90. The minimum absolute atomic E-state index is 0.361. The summed E-state index contributed by atoms with van der Waals surface area (Å²) in [7, 11) is 0. The number of carboxylic acids is 1. The molecule has 0 radical (unpaired) electrons. The second kappa shape index (κ2) is 18.5. The smallest absolute Gasteiger partial charge is 0.337 e. The minimum atomic E-state index is -0.865. The lowest BCUT2D eigenvalue weighted by Gasteiger charge is -2.09. The molecule has 0 saturated heterocycles. The quantitative estimate of drug-likeness (QED) is 0.215. The first kappa shape index (κ1) is 25.5. The van der Waals surface area contributed by atoms with E-state index in [0.717, 1.165) is 18.7 Å². The third-order valence-corrected chi connectivity index (χ3v) is 5.75. The summed E-state index contributed by atoms with van der Waals surface area (Å²) in [6.07, 6.45) is 23.4. The Hall–Kier alpha value is -1.51. The molecule has 0 bridgehead atoms. The van der Waals surface area contributed by atoms with E-state index in [1.807, 2.05) is 12.1 Å². The molecule has 3 heteroatoms. The molecular formula is C26H45NO2. The predicted octanol–water partition coefficient (Wildman–Crippen LogP) is 8.45. The third kappa shape index (κ3) is 14.2. The predicted molar refractivity (Wildman–Crippen MR) is 126 cm³/mol. The van der Waals surface area contributed by atoms with Crippen molar-refractivity contribution in [3.63, 3.8) is 0 Å². The van der Waals surface area contributed by atoms with Crippen molar-refractivity contribution >= 4 is 11.7 Å². The van der Waals surface area contributed by atoms with Gasteiger partial charge in [-0.05, 0) is 18.6 Å². The van der Waals surface area contributed by atoms with Crippen molar-refractivity contribution in [3.8, 4) is 0 Å². The summed E-state index contributed by atoms with van der Waals surface area (Å²) >= 11 is 0. The Kier molecular flexibility index (Phi) is 16.3. The number of para-hydroxylation sites is 1. The molecule has 0 fully saturated rings. The molecule has 1 rings (SSSR count). The first-order valence-electron chi connectivity index (χ1n) is 12.3. The fraction of sp³-hybridized carbons (Fsp3) is 0.731. The molecule has 1 aromatic carbocycles. The van der Waals surface area contributed by atoms with Gasteiger partial charge in [0.25, 0.3) is 0 Å². The van der Waals surface area contributed by atoms with Gasteiger partial charge in [0.2, 0.25) is 0 Å². The first-order chi connectivity index (χ1) is 14.3. The van der Waals surface area contributed by atoms with E-state index < -0.39 is 5.97 Å². The summed E-state index contributed by atoms with van der Waals surface area (Å²) in [5.74, 6) is -0.865. The van der Waals surface area contributed by atoms with Crippen molar-refractivity contribution < 1.29 is 9.90 Å². The fourth-order valence-electron chi connectivity index (χ4n) is 3.90. The summed E-state index contributed by atoms with van der Waals surface area (Å²) in [5, 5.41) is 12.4. The number of hydrogen-bond acceptors (Lipinski definition) is 2. The van der Waals surface area contributed by atoms with Gasteiger partial charge in [-0.3, -0.25) is 0 Å². The average Bonchev–Trinajstić information content (AvgIpc) is 2.73. The molecule has 2 N–H and O–H groups in total. The summed E-state index contributed by atoms with van der Waals surface area (Å²) in [4.78, 5) is 11.2. The molecule has 0 saturated carbocycles. The summed E-state index contributed by atoms with van der Waals surface area (Å²) in [6, 6.07) is 7.14. The van der Waals surface area contributed by atoms with Gasteiger partial charge in [0.05, 0.1) is 5.56 Å². The van der Waals surface area contributed by atoms with Gasteiger partial charge < -0.3 is 10.4 Å². The van der Waals surface area contributed by atoms with E-state index in [9.17, 15) is 9.90 Å². The molecule has 0 amide bonds. The van der Waals surface area contributed by atoms with Crippen molar-refractivity contribution in [1.82, 2.24) is 0 Å². The normalized spacial score (nSPS) is 10.9. The zero-order chi connectivity index (χ0) is 21.0. The number of nitrogens with one attached hydrogen (secondary N) is 1. The molecule has 0 spiro atoms. The van der Waals surface area contributed by atoms with Crippen molar-refractivity contribution in [2.24, 2.45) is 0 Å². The van der Waals surface area contributed by atoms with E-state index in [1.54, 1.807) is 12.1 Å². The molecule has 3 nitrogen and oxygen atoms in total. The van der Waals surface area contributed by atoms with Gasteiger partial charge in [-0.25, -0.2) is 4.79 Å². The van der Waals surface area contributed by atoms with E-state index in [1.165, 1.54) is 103 Å². The Morgan fingerprint density at radius 3 is 1.55 bits per heavy atom. The van der Waals surface area contributed by atoms with Crippen LogP contribution in [-0.2, 0) is 0 Å². The van der Waals surface area contributed by atoms with Crippen LogP contribution < -0.4 is 5.32 Å². The molecule has 0 aromatic heterocycles. The third-order valence-electron chi connectivity index (χ3n) is 5.75. The Labute approximate surface area is 179 Å². The lowest BCUT2D eigenvalue weighted by Crippen LogP contribution is -2.07. The largest absolute Gasteiger partial charge is 0.478 e. The second-order valence-corrected chi connectivity index (χ2v) is 8.43. The van der Waals surface area contributed by atoms with Crippen LogP contribution in [0.25, 0.3) is 0 Å². The van der Waals surface area contributed by atoms with E-state index in [4.69, 9.17) is 0 Å². The van der Waals surface area contributed by atoms with Crippen molar-refractivity contribution in [3.05, 3.63) is 29.8 Å². The Morgan fingerprint density at radius 2 is 1.10 bits per heavy atom. The molecule has 0 aliphatic rings. The lowest BCUT2D eigenvalue weighted by molar-refractivity contribution is 0.0698. The average molecular weight is 404 g/mol. The maximum atomic E-state index is 11.2. The van der Waals surface area contributed by atoms with Crippen molar-refractivity contribution in [2.45, 2.75) is 116 Å². The van der Waals surface area contributed by atoms with Gasteiger partial charge in [0.15, 0.2) is 0 Å². The standard InChI is InChI=1S/C26H45NO2/c1-2-3-4-5-6-7-8-9-10-11-12-13-14-15-16-17-20-23-27-25-22-19-18-21-24(25)26(28)29/h18-19,21-22,27H,2-17,20,23H2,1H3,(H,28,29). The van der Waals surface area contributed by atoms with Gasteiger partial charge in [0, 0.05) is 12.2 Å². The van der Waals surface area contributed by atoms with Crippen LogP contribution in [0.15, 0.2) is 24.3 Å². The number of benzene rings is 1. The number of hydrogen-bond donors (Lipinski definition) is 2. The number of anilines is 1. The number of unbranched alkanes of at least 4 members (excludes halogenated alkanes) is 16. The zero-order valence-corrected chi connectivity index (χ0v) is 18.9. The first-order valence-corrected chi connectivity index (χ1v) is 12.3. The van der Waals surface area contributed by atoms with Crippen molar-refractivity contribution in [1.29, 1.82) is 0 Å². The monoisotopic (exact) mass is 403 g/mol. The highest BCUT2D eigenvalue weighted by Crippen LogP contribution is 2.16. The molecule has 0 aliphatic carbocycles. The van der Waals surface area contributed by atoms with Gasteiger partial charge >= 0.3 is 5.97 Å². The maximum Gasteiger partial charge on any atom is 0.337 e. The van der Waals surface area contributed by atoms with Crippen LogP contribution in [0.3, 0.4) is 0 Å². The Balaban J connectivity index is 1.81. The van der Waals surface area contributed by atoms with Crippen LogP contribution in [0.1, 0.15) is 126 Å². The molecule has 0 aliphatic heterocycles. The van der Waals surface area contributed by atoms with Gasteiger partial charge in [-0.2, -0.15) is 0 Å². The van der Waals surface area contributed by atoms with E-state index >= 15 is 0 Å². The zero-order valence-electron chi connectivity index (χ0n) is 18.9. The molecular weight excluding hydrogens is 358 g/mol. The molecule has 0 atom stereocenters. The highest BCUT2D eigenvalue weighted by atomic mass is 16.4. The van der Waals surface area contributed by atoms with Crippen LogP contribution in [0.4, 0.5) is 5.69 Å². The number of aromatic carboxylic acids is 1. The topological polar surface area (TPSA) is 49.3 Å². The van der Waals surface area contributed by atoms with Gasteiger partial charge in [0.1, 0.15) is 0 Å². The number of rotatable bonds is 20. The lowest BCUT2D eigenvalue weighted by atomic mass is 10.0. The summed E-state index contributed by atoms with van der Waals surface area (Å²) in [6.45, 7) is 3.13. The molecule has 29 heavy (non-hydrogen) atoms.